The van der Waals surface area contributed by atoms with Crippen LogP contribution in [0, 0.1) is 10.1 Å². The smallest absolute Gasteiger partial charge is 0.273 e. The van der Waals surface area contributed by atoms with Crippen molar-refractivity contribution >= 4 is 5.69 Å². The Bertz CT molecular complexity index is 395. The number of hydrogen-bond donors (Lipinski definition) is 1. The number of hydrogen-bond acceptors (Lipinski definition) is 4. The van der Waals surface area contributed by atoms with Crippen molar-refractivity contribution in [3.05, 3.63) is 39.9 Å². The highest BCUT2D eigenvalue weighted by Crippen LogP contribution is 2.21. The molecular weight excluding hydrogens is 208 g/mol. The first kappa shape index (κ1) is 11.0. The number of aliphatic hydroxyl groups is 1. The summed E-state index contributed by atoms with van der Waals surface area (Å²) in [4.78, 5) is 12.5. The second kappa shape index (κ2) is 4.59. The summed E-state index contributed by atoms with van der Waals surface area (Å²) in [5.74, 6) is 0. The van der Waals surface area contributed by atoms with E-state index in [1.807, 2.05) is 4.90 Å². The number of aliphatic hydroxyl groups excluding tert-OH is 1. The molecule has 2 rings (SSSR count). The third kappa shape index (κ3) is 2.37. The minimum Gasteiger partial charge on any atom is -0.392 e. The number of benzene rings is 1. The van der Waals surface area contributed by atoms with Crippen LogP contribution in [0.3, 0.4) is 0 Å². The molecule has 0 aromatic heterocycles. The van der Waals surface area contributed by atoms with Crippen LogP contribution in [0.1, 0.15) is 12.0 Å². The van der Waals surface area contributed by atoms with Crippen molar-refractivity contribution in [1.82, 2.24) is 4.90 Å². The number of nitro groups is 1. The predicted molar refractivity (Wildman–Crippen MR) is 59.0 cm³/mol. The van der Waals surface area contributed by atoms with Crippen LogP contribution in [0.5, 0.6) is 0 Å². The van der Waals surface area contributed by atoms with E-state index in [1.54, 1.807) is 18.2 Å². The molecule has 1 heterocycles. The van der Waals surface area contributed by atoms with Crippen LogP contribution in [0.15, 0.2) is 24.3 Å². The van der Waals surface area contributed by atoms with Crippen LogP contribution in [-0.4, -0.2) is 34.1 Å². The lowest BCUT2D eigenvalue weighted by atomic mass is 10.1. The van der Waals surface area contributed by atoms with Crippen molar-refractivity contribution in [2.45, 2.75) is 19.1 Å². The molecule has 1 aliphatic heterocycles. The van der Waals surface area contributed by atoms with E-state index >= 15 is 0 Å². The summed E-state index contributed by atoms with van der Waals surface area (Å²) in [5.41, 5.74) is 0.866. The molecule has 1 atom stereocenters. The Morgan fingerprint density at radius 2 is 2.25 bits per heavy atom. The maximum Gasteiger partial charge on any atom is 0.273 e. The molecule has 0 amide bonds. The fraction of sp³-hybridized carbons (Fsp3) is 0.455. The molecule has 1 aliphatic rings. The number of rotatable bonds is 3. The molecular formula is C11H14N2O3. The average Bonchev–Trinajstić information content (AvgIpc) is 2.64. The van der Waals surface area contributed by atoms with Crippen molar-refractivity contribution < 1.29 is 10.0 Å². The maximum atomic E-state index is 10.8. The quantitative estimate of drug-likeness (QED) is 0.615. The van der Waals surface area contributed by atoms with Crippen molar-refractivity contribution in [3.63, 3.8) is 0 Å². The van der Waals surface area contributed by atoms with E-state index < -0.39 is 0 Å². The van der Waals surface area contributed by atoms with Gasteiger partial charge in [-0.1, -0.05) is 18.2 Å². The highest BCUT2D eigenvalue weighted by molar-refractivity contribution is 5.39. The van der Waals surface area contributed by atoms with Gasteiger partial charge in [0.2, 0.25) is 0 Å². The van der Waals surface area contributed by atoms with Crippen molar-refractivity contribution in [1.29, 1.82) is 0 Å². The Labute approximate surface area is 93.5 Å². The molecule has 1 N–H and O–H groups in total. The van der Waals surface area contributed by atoms with Gasteiger partial charge in [-0.05, 0) is 6.42 Å². The second-order valence-corrected chi connectivity index (χ2v) is 4.06. The van der Waals surface area contributed by atoms with Gasteiger partial charge in [-0.15, -0.1) is 0 Å². The Hall–Kier alpha value is -1.46. The molecule has 16 heavy (non-hydrogen) atoms. The Morgan fingerprint density at radius 1 is 1.50 bits per heavy atom. The topological polar surface area (TPSA) is 66.6 Å². The Morgan fingerprint density at radius 3 is 2.88 bits per heavy atom. The molecule has 1 saturated heterocycles. The fourth-order valence-electron chi connectivity index (χ4n) is 2.02. The monoisotopic (exact) mass is 222 g/mol. The molecule has 5 heteroatoms. The summed E-state index contributed by atoms with van der Waals surface area (Å²) >= 11 is 0. The van der Waals surface area contributed by atoms with E-state index in [2.05, 4.69) is 0 Å². The maximum absolute atomic E-state index is 10.8. The van der Waals surface area contributed by atoms with Crippen molar-refractivity contribution in [2.75, 3.05) is 13.1 Å². The molecule has 0 spiro atoms. The van der Waals surface area contributed by atoms with Crippen LogP contribution in [-0.2, 0) is 6.54 Å². The SMILES string of the molecule is O=[N+]([O-])c1ccccc1CN1CCC(O)C1. The summed E-state index contributed by atoms with van der Waals surface area (Å²) in [6, 6.07) is 6.75. The van der Waals surface area contributed by atoms with Gasteiger partial charge in [0.15, 0.2) is 0 Å². The average molecular weight is 222 g/mol. The first-order chi connectivity index (χ1) is 7.66. The number of nitro benzene ring substituents is 1. The van der Waals surface area contributed by atoms with E-state index in [9.17, 15) is 15.2 Å². The zero-order valence-corrected chi connectivity index (χ0v) is 8.87. The van der Waals surface area contributed by atoms with Crippen LogP contribution in [0.2, 0.25) is 0 Å². The molecule has 1 aromatic rings. The number of nitrogens with zero attached hydrogens (tertiary/aromatic N) is 2. The van der Waals surface area contributed by atoms with Gasteiger partial charge in [0, 0.05) is 31.3 Å². The molecule has 0 saturated carbocycles. The van der Waals surface area contributed by atoms with Gasteiger partial charge in [0.05, 0.1) is 11.0 Å². The van der Waals surface area contributed by atoms with E-state index in [-0.39, 0.29) is 16.7 Å². The van der Waals surface area contributed by atoms with Gasteiger partial charge in [0.1, 0.15) is 0 Å². The van der Waals surface area contributed by atoms with E-state index in [4.69, 9.17) is 0 Å². The van der Waals surface area contributed by atoms with Crippen LogP contribution >= 0.6 is 0 Å². The summed E-state index contributed by atoms with van der Waals surface area (Å²) in [6.07, 6.45) is 0.462. The van der Waals surface area contributed by atoms with Crippen molar-refractivity contribution in [3.8, 4) is 0 Å². The Balaban J connectivity index is 2.12. The van der Waals surface area contributed by atoms with Crippen LogP contribution in [0.25, 0.3) is 0 Å². The molecule has 1 fully saturated rings. The first-order valence-corrected chi connectivity index (χ1v) is 5.29. The molecule has 1 unspecified atom stereocenters. The standard InChI is InChI=1S/C11H14N2O3/c14-10-5-6-12(8-10)7-9-3-1-2-4-11(9)13(15)16/h1-4,10,14H,5-8H2. The highest BCUT2D eigenvalue weighted by Gasteiger charge is 2.22. The van der Waals surface area contributed by atoms with E-state index in [0.29, 0.717) is 18.7 Å². The first-order valence-electron chi connectivity index (χ1n) is 5.29. The molecule has 0 bridgehead atoms. The largest absolute Gasteiger partial charge is 0.392 e. The number of likely N-dealkylation sites (tertiary alicyclic amines) is 1. The van der Waals surface area contributed by atoms with Crippen LogP contribution in [0.4, 0.5) is 5.69 Å². The number of β-amino-alcohol motifs (C(OH)–C–C–N with tert-alkyl or cyclic N) is 1. The minimum atomic E-state index is -0.359. The van der Waals surface area contributed by atoms with E-state index in [1.165, 1.54) is 6.07 Å². The molecule has 0 radical (unpaired) electrons. The van der Waals surface area contributed by atoms with Gasteiger partial charge in [-0.25, -0.2) is 0 Å². The lowest BCUT2D eigenvalue weighted by Crippen LogP contribution is -2.21. The second-order valence-electron chi connectivity index (χ2n) is 4.06. The van der Waals surface area contributed by atoms with Crippen molar-refractivity contribution in [2.24, 2.45) is 0 Å². The third-order valence-electron chi connectivity index (χ3n) is 2.83. The summed E-state index contributed by atoms with van der Waals surface area (Å²) in [5, 5.41) is 20.2. The summed E-state index contributed by atoms with van der Waals surface area (Å²) < 4.78 is 0. The molecule has 86 valence electrons. The lowest BCUT2D eigenvalue weighted by Gasteiger charge is -2.14. The number of para-hydroxylation sites is 1. The predicted octanol–water partition coefficient (Wildman–Crippen LogP) is 1.16. The lowest BCUT2D eigenvalue weighted by molar-refractivity contribution is -0.385. The zero-order chi connectivity index (χ0) is 11.5. The summed E-state index contributed by atoms with van der Waals surface area (Å²) in [6.45, 7) is 1.94. The molecule has 0 aliphatic carbocycles. The van der Waals surface area contributed by atoms with Gasteiger partial charge in [0.25, 0.3) is 5.69 Å². The van der Waals surface area contributed by atoms with Gasteiger partial charge >= 0.3 is 0 Å². The Kier molecular flexibility index (Phi) is 3.17. The summed E-state index contributed by atoms with van der Waals surface area (Å²) in [7, 11) is 0. The molecule has 1 aromatic carbocycles. The van der Waals surface area contributed by atoms with Gasteiger partial charge in [-0.3, -0.25) is 15.0 Å². The van der Waals surface area contributed by atoms with Gasteiger partial charge < -0.3 is 5.11 Å². The normalized spacial score (nSPS) is 21.2. The highest BCUT2D eigenvalue weighted by atomic mass is 16.6. The zero-order valence-electron chi connectivity index (χ0n) is 8.87. The van der Waals surface area contributed by atoms with Crippen LogP contribution < -0.4 is 0 Å². The molecule has 5 nitrogen and oxygen atoms in total. The van der Waals surface area contributed by atoms with E-state index in [0.717, 1.165) is 13.0 Å². The fourth-order valence-corrected chi connectivity index (χ4v) is 2.02. The van der Waals surface area contributed by atoms with Gasteiger partial charge in [-0.2, -0.15) is 0 Å². The third-order valence-corrected chi connectivity index (χ3v) is 2.83. The minimum absolute atomic E-state index is 0.156.